The van der Waals surface area contributed by atoms with Gasteiger partial charge in [-0.15, -0.1) is 0 Å². The summed E-state index contributed by atoms with van der Waals surface area (Å²) in [7, 11) is 0. The molecule has 1 aromatic heterocycles. The molecule has 1 amide bonds. The van der Waals surface area contributed by atoms with Crippen LogP contribution in [0.25, 0.3) is 0 Å². The molecule has 1 aliphatic rings. The molecule has 3 N–H and O–H groups in total. The Morgan fingerprint density at radius 2 is 2.35 bits per heavy atom. The van der Waals surface area contributed by atoms with Crippen LogP contribution in [-0.4, -0.2) is 16.9 Å². The summed E-state index contributed by atoms with van der Waals surface area (Å²) < 4.78 is 13.6. The van der Waals surface area contributed by atoms with E-state index in [1.54, 1.807) is 0 Å². The van der Waals surface area contributed by atoms with Crippen LogP contribution >= 0.6 is 0 Å². The molecule has 0 radical (unpaired) electrons. The number of halogens is 1. The van der Waals surface area contributed by atoms with Gasteiger partial charge in [0.1, 0.15) is 0 Å². The number of carbonyl (C=O) groups is 1. The zero-order chi connectivity index (χ0) is 12.4. The molecule has 2 unspecified atom stereocenters. The molecule has 0 saturated heterocycles. The lowest BCUT2D eigenvalue weighted by Gasteiger charge is -2.17. The first-order valence-corrected chi connectivity index (χ1v) is 5.80. The fourth-order valence-corrected chi connectivity index (χ4v) is 2.24. The molecule has 2 rings (SSSR count). The van der Waals surface area contributed by atoms with E-state index in [4.69, 9.17) is 5.73 Å². The lowest BCUT2D eigenvalue weighted by molar-refractivity contribution is 0.0925. The Labute approximate surface area is 99.4 Å². The third-order valence-corrected chi connectivity index (χ3v) is 3.34. The van der Waals surface area contributed by atoms with Crippen molar-refractivity contribution in [3.8, 4) is 0 Å². The summed E-state index contributed by atoms with van der Waals surface area (Å²) in [4.78, 5) is 15.5. The lowest BCUT2D eigenvalue weighted by Crippen LogP contribution is -2.36. The van der Waals surface area contributed by atoms with Gasteiger partial charge in [0, 0.05) is 12.2 Å². The highest BCUT2D eigenvalue weighted by molar-refractivity contribution is 5.95. The van der Waals surface area contributed by atoms with E-state index in [1.807, 2.05) is 0 Å². The first-order valence-electron chi connectivity index (χ1n) is 5.80. The highest BCUT2D eigenvalue weighted by Crippen LogP contribution is 2.25. The summed E-state index contributed by atoms with van der Waals surface area (Å²) in [6.45, 7) is 2.09. The molecule has 1 heterocycles. The lowest BCUT2D eigenvalue weighted by atomic mass is 10.1. The Morgan fingerprint density at radius 1 is 1.59 bits per heavy atom. The number of carbonyl (C=O) groups excluding carboxylic acids is 1. The van der Waals surface area contributed by atoms with Gasteiger partial charge < -0.3 is 11.1 Å². The van der Waals surface area contributed by atoms with E-state index < -0.39 is 11.7 Å². The van der Waals surface area contributed by atoms with E-state index in [9.17, 15) is 9.18 Å². The molecule has 0 bridgehead atoms. The Balaban J connectivity index is 2.12. The third-order valence-electron chi connectivity index (χ3n) is 3.34. The summed E-state index contributed by atoms with van der Waals surface area (Å²) in [6, 6.07) is 1.48. The molecule has 2 atom stereocenters. The average molecular weight is 237 g/mol. The zero-order valence-corrected chi connectivity index (χ0v) is 9.74. The largest absolute Gasteiger partial charge is 0.381 e. The molecule has 4 nitrogen and oxygen atoms in total. The van der Waals surface area contributed by atoms with E-state index in [0.29, 0.717) is 5.92 Å². The van der Waals surface area contributed by atoms with E-state index in [2.05, 4.69) is 17.2 Å². The van der Waals surface area contributed by atoms with E-state index in [0.717, 1.165) is 19.3 Å². The minimum atomic E-state index is -0.740. The van der Waals surface area contributed by atoms with E-state index >= 15 is 0 Å². The maximum Gasteiger partial charge on any atom is 0.254 e. The van der Waals surface area contributed by atoms with Crippen LogP contribution in [0.15, 0.2) is 12.3 Å². The first kappa shape index (κ1) is 11.8. The minimum Gasteiger partial charge on any atom is -0.381 e. The molecule has 1 aliphatic carbocycles. The van der Waals surface area contributed by atoms with Crippen molar-refractivity contribution in [1.82, 2.24) is 10.3 Å². The second-order valence-corrected chi connectivity index (χ2v) is 4.55. The number of nitrogens with zero attached hydrogens (tertiary/aromatic N) is 1. The van der Waals surface area contributed by atoms with Crippen LogP contribution in [0.5, 0.6) is 0 Å². The van der Waals surface area contributed by atoms with Crippen molar-refractivity contribution in [3.63, 3.8) is 0 Å². The number of nitrogens with one attached hydrogen (secondary N) is 1. The van der Waals surface area contributed by atoms with Crippen LogP contribution in [-0.2, 0) is 0 Å². The van der Waals surface area contributed by atoms with Crippen molar-refractivity contribution >= 4 is 11.7 Å². The van der Waals surface area contributed by atoms with Gasteiger partial charge in [-0.3, -0.25) is 4.79 Å². The maximum absolute atomic E-state index is 13.6. The van der Waals surface area contributed by atoms with Crippen molar-refractivity contribution in [3.05, 3.63) is 23.6 Å². The molecule has 0 aliphatic heterocycles. The number of aromatic nitrogens is 1. The van der Waals surface area contributed by atoms with Crippen molar-refractivity contribution in [1.29, 1.82) is 0 Å². The molecule has 0 spiro atoms. The minimum absolute atomic E-state index is 0.0309. The highest BCUT2D eigenvalue weighted by Gasteiger charge is 2.26. The summed E-state index contributed by atoms with van der Waals surface area (Å²) in [5.74, 6) is -0.940. The molecular weight excluding hydrogens is 221 g/mol. The van der Waals surface area contributed by atoms with Crippen LogP contribution in [0.3, 0.4) is 0 Å². The van der Waals surface area contributed by atoms with Gasteiger partial charge in [0.25, 0.3) is 5.91 Å². The number of anilines is 1. The summed E-state index contributed by atoms with van der Waals surface area (Å²) in [5.41, 5.74) is 5.30. The Bertz CT molecular complexity index is 436. The number of hydrogen-bond acceptors (Lipinski definition) is 3. The molecule has 0 aromatic carbocycles. The van der Waals surface area contributed by atoms with Crippen molar-refractivity contribution in [2.24, 2.45) is 5.92 Å². The van der Waals surface area contributed by atoms with Gasteiger partial charge in [-0.2, -0.15) is 0 Å². The molecule has 92 valence electrons. The number of nitrogens with two attached hydrogens (primary N) is 1. The van der Waals surface area contributed by atoms with Crippen LogP contribution in [0.1, 0.15) is 36.5 Å². The van der Waals surface area contributed by atoms with Crippen molar-refractivity contribution in [2.45, 2.75) is 32.2 Å². The van der Waals surface area contributed by atoms with Crippen LogP contribution in [0.4, 0.5) is 10.2 Å². The first-order chi connectivity index (χ1) is 8.09. The van der Waals surface area contributed by atoms with E-state index in [-0.39, 0.29) is 17.4 Å². The predicted octanol–water partition coefficient (Wildman–Crippen LogP) is 1.72. The number of pyridine rings is 1. The van der Waals surface area contributed by atoms with Gasteiger partial charge >= 0.3 is 0 Å². The SMILES string of the molecule is CC1CCCC1NC(=O)c1ccnc(N)c1F. The Kier molecular flexibility index (Phi) is 3.26. The predicted molar refractivity (Wildman–Crippen MR) is 62.9 cm³/mol. The van der Waals surface area contributed by atoms with Gasteiger partial charge in [-0.1, -0.05) is 13.3 Å². The van der Waals surface area contributed by atoms with Crippen LogP contribution in [0.2, 0.25) is 0 Å². The second-order valence-electron chi connectivity index (χ2n) is 4.55. The Hall–Kier alpha value is -1.65. The highest BCUT2D eigenvalue weighted by atomic mass is 19.1. The maximum atomic E-state index is 13.6. The van der Waals surface area contributed by atoms with Gasteiger partial charge in [0.15, 0.2) is 11.6 Å². The van der Waals surface area contributed by atoms with Crippen molar-refractivity contribution < 1.29 is 9.18 Å². The molecule has 1 saturated carbocycles. The number of rotatable bonds is 2. The van der Waals surface area contributed by atoms with E-state index in [1.165, 1.54) is 12.3 Å². The van der Waals surface area contributed by atoms with Crippen LogP contribution < -0.4 is 11.1 Å². The van der Waals surface area contributed by atoms with Gasteiger partial charge in [-0.25, -0.2) is 9.37 Å². The fourth-order valence-electron chi connectivity index (χ4n) is 2.24. The smallest absolute Gasteiger partial charge is 0.254 e. The normalized spacial score (nSPS) is 23.6. The number of nitrogen functional groups attached to an aromatic ring is 1. The molecular formula is C12H16FN3O. The zero-order valence-electron chi connectivity index (χ0n) is 9.74. The van der Waals surface area contributed by atoms with Gasteiger partial charge in [0.2, 0.25) is 0 Å². The summed E-state index contributed by atoms with van der Waals surface area (Å²) in [6.07, 6.45) is 4.50. The Morgan fingerprint density at radius 3 is 3.00 bits per heavy atom. The monoisotopic (exact) mass is 237 g/mol. The molecule has 1 aromatic rings. The average Bonchev–Trinajstić information content (AvgIpc) is 2.68. The quantitative estimate of drug-likeness (QED) is 0.823. The third kappa shape index (κ3) is 2.38. The number of hydrogen-bond donors (Lipinski definition) is 2. The molecule has 1 fully saturated rings. The molecule has 17 heavy (non-hydrogen) atoms. The summed E-state index contributed by atoms with van der Waals surface area (Å²) in [5, 5.41) is 2.85. The fraction of sp³-hybridized carbons (Fsp3) is 0.500. The number of amides is 1. The molecule has 5 heteroatoms. The van der Waals surface area contributed by atoms with Gasteiger partial charge in [-0.05, 0) is 24.8 Å². The topological polar surface area (TPSA) is 68.0 Å². The van der Waals surface area contributed by atoms with Gasteiger partial charge in [0.05, 0.1) is 5.56 Å². The standard InChI is InChI=1S/C12H16FN3O/c1-7-3-2-4-9(7)16-12(17)8-5-6-15-11(14)10(8)13/h5-7,9H,2-4H2,1H3,(H2,14,15)(H,16,17). The second kappa shape index (κ2) is 4.69. The van der Waals surface area contributed by atoms with Crippen molar-refractivity contribution in [2.75, 3.05) is 5.73 Å². The van der Waals surface area contributed by atoms with Crippen LogP contribution in [0, 0.1) is 11.7 Å². The summed E-state index contributed by atoms with van der Waals surface area (Å²) >= 11 is 0.